The number of thiocarbonyl (C=S) groups is 1. The number of rotatable bonds is 3. The number of ether oxygens (including phenoxy) is 1. The van der Waals surface area contributed by atoms with Crippen LogP contribution in [-0.2, 0) is 16.0 Å². The number of fused-ring (bicyclic) bond motifs is 1. The van der Waals surface area contributed by atoms with E-state index in [0.717, 1.165) is 16.1 Å². The van der Waals surface area contributed by atoms with Gasteiger partial charge >= 0.3 is 0 Å². The molecule has 26 heavy (non-hydrogen) atoms. The zero-order valence-corrected chi connectivity index (χ0v) is 16.0. The first kappa shape index (κ1) is 17.3. The number of benzene rings is 1. The second-order valence-electron chi connectivity index (χ2n) is 5.73. The minimum atomic E-state index is -0.195. The van der Waals surface area contributed by atoms with Crippen LogP contribution in [0.3, 0.4) is 0 Å². The second-order valence-corrected chi connectivity index (χ2v) is 8.48. The van der Waals surface area contributed by atoms with Gasteiger partial charge in [-0.25, -0.2) is 0 Å². The van der Waals surface area contributed by atoms with Gasteiger partial charge in [0.2, 0.25) is 5.91 Å². The van der Waals surface area contributed by atoms with Gasteiger partial charge in [-0.3, -0.25) is 9.59 Å². The molecular formula is C18H14N2O3S3. The van der Waals surface area contributed by atoms with Crippen LogP contribution in [0.2, 0.25) is 0 Å². The van der Waals surface area contributed by atoms with Gasteiger partial charge in [0, 0.05) is 4.88 Å². The smallest absolute Gasteiger partial charge is 0.263 e. The van der Waals surface area contributed by atoms with E-state index in [1.807, 2.05) is 35.7 Å². The Morgan fingerprint density at radius 1 is 1.38 bits per heavy atom. The van der Waals surface area contributed by atoms with Crippen molar-refractivity contribution < 1.29 is 14.3 Å². The van der Waals surface area contributed by atoms with Crippen molar-refractivity contribution >= 4 is 63.2 Å². The van der Waals surface area contributed by atoms with Gasteiger partial charge in [-0.05, 0) is 35.2 Å². The molecule has 0 atom stereocenters. The molecule has 1 aromatic carbocycles. The number of amides is 2. The topological polar surface area (TPSA) is 58.6 Å². The summed E-state index contributed by atoms with van der Waals surface area (Å²) in [5, 5.41) is 4.57. The van der Waals surface area contributed by atoms with Crippen molar-refractivity contribution in [2.45, 2.75) is 6.42 Å². The highest BCUT2D eigenvalue weighted by Gasteiger charge is 2.25. The molecule has 8 heteroatoms. The fourth-order valence-corrected chi connectivity index (χ4v) is 4.55. The third-order valence-electron chi connectivity index (χ3n) is 3.99. The van der Waals surface area contributed by atoms with Crippen LogP contribution in [0.1, 0.15) is 10.4 Å². The number of carbonyl (C=O) groups is 2. The van der Waals surface area contributed by atoms with Crippen LogP contribution in [-0.4, -0.2) is 29.3 Å². The zero-order valence-electron chi connectivity index (χ0n) is 13.6. The van der Waals surface area contributed by atoms with Crippen molar-refractivity contribution in [3.63, 3.8) is 0 Å². The Labute approximate surface area is 164 Å². The average molecular weight is 403 g/mol. The van der Waals surface area contributed by atoms with Crippen LogP contribution < -0.4 is 15.0 Å². The Kier molecular flexibility index (Phi) is 4.80. The molecule has 1 fully saturated rings. The van der Waals surface area contributed by atoms with Gasteiger partial charge < -0.3 is 15.0 Å². The van der Waals surface area contributed by atoms with Crippen molar-refractivity contribution in [1.82, 2.24) is 5.32 Å². The molecule has 2 amide bonds. The fraction of sp³-hybridized carbons (Fsp3) is 0.167. The lowest BCUT2D eigenvalue weighted by Crippen LogP contribution is -2.38. The van der Waals surface area contributed by atoms with Crippen molar-refractivity contribution in [3.8, 4) is 5.75 Å². The minimum absolute atomic E-state index is 0.0379. The largest absolute Gasteiger partial charge is 0.490 e. The van der Waals surface area contributed by atoms with Gasteiger partial charge in [-0.1, -0.05) is 36.1 Å². The van der Waals surface area contributed by atoms with Gasteiger partial charge in [-0.2, -0.15) is 0 Å². The molecule has 1 aromatic heterocycles. The van der Waals surface area contributed by atoms with Crippen molar-refractivity contribution in [2.75, 3.05) is 18.1 Å². The van der Waals surface area contributed by atoms with E-state index >= 15 is 0 Å². The summed E-state index contributed by atoms with van der Waals surface area (Å²) in [6.45, 7) is 0.979. The number of thioether (sulfide) groups is 1. The van der Waals surface area contributed by atoms with Crippen LogP contribution in [0.15, 0.2) is 40.6 Å². The molecule has 5 nitrogen and oxygen atoms in total. The molecule has 0 radical (unpaired) electrons. The third kappa shape index (κ3) is 3.53. The van der Waals surface area contributed by atoms with E-state index in [1.165, 1.54) is 11.8 Å². The highest BCUT2D eigenvalue weighted by Crippen LogP contribution is 2.35. The quantitative estimate of drug-likeness (QED) is 0.631. The number of anilines is 1. The lowest BCUT2D eigenvalue weighted by atomic mass is 10.1. The van der Waals surface area contributed by atoms with Crippen LogP contribution in [0.25, 0.3) is 6.08 Å². The van der Waals surface area contributed by atoms with Gasteiger partial charge in [0.25, 0.3) is 5.91 Å². The molecular weight excluding hydrogens is 388 g/mol. The summed E-state index contributed by atoms with van der Waals surface area (Å²) < 4.78 is 6.14. The molecule has 3 heterocycles. The van der Waals surface area contributed by atoms with E-state index in [1.54, 1.807) is 22.3 Å². The van der Waals surface area contributed by atoms with E-state index in [4.69, 9.17) is 17.0 Å². The first-order chi connectivity index (χ1) is 12.6. The maximum atomic E-state index is 12.8. The van der Waals surface area contributed by atoms with Crippen LogP contribution in [0.4, 0.5) is 5.69 Å². The summed E-state index contributed by atoms with van der Waals surface area (Å²) in [7, 11) is 0. The summed E-state index contributed by atoms with van der Waals surface area (Å²) in [5.74, 6) is 0.521. The average Bonchev–Trinajstić information content (AvgIpc) is 3.24. The molecule has 0 unspecified atom stereocenters. The summed E-state index contributed by atoms with van der Waals surface area (Å²) >= 11 is 7.82. The molecule has 2 aliphatic rings. The molecule has 0 aliphatic carbocycles. The van der Waals surface area contributed by atoms with Gasteiger partial charge in [-0.15, -0.1) is 11.3 Å². The SMILES string of the molecule is O=C1NC(=S)SC1=Cc1ccc2c(c1)N(C(=O)Cc1cccs1)CCO2. The van der Waals surface area contributed by atoms with Gasteiger partial charge in [0.1, 0.15) is 16.7 Å². The Morgan fingerprint density at radius 2 is 2.27 bits per heavy atom. The third-order valence-corrected chi connectivity index (χ3v) is 6.03. The van der Waals surface area contributed by atoms with Crippen molar-refractivity contribution in [1.29, 1.82) is 0 Å². The van der Waals surface area contributed by atoms with Crippen molar-refractivity contribution in [3.05, 3.63) is 51.1 Å². The number of nitrogens with one attached hydrogen (secondary N) is 1. The van der Waals surface area contributed by atoms with E-state index in [9.17, 15) is 9.59 Å². The number of thiophene rings is 1. The normalized spacial score (nSPS) is 17.8. The number of carbonyl (C=O) groups excluding carboxylic acids is 2. The van der Waals surface area contributed by atoms with E-state index < -0.39 is 0 Å². The Morgan fingerprint density at radius 3 is 3.00 bits per heavy atom. The predicted molar refractivity (Wildman–Crippen MR) is 109 cm³/mol. The molecule has 0 spiro atoms. The minimum Gasteiger partial charge on any atom is -0.490 e. The first-order valence-electron chi connectivity index (χ1n) is 7.94. The van der Waals surface area contributed by atoms with E-state index in [0.29, 0.717) is 34.5 Å². The molecule has 2 aliphatic heterocycles. The summed E-state index contributed by atoms with van der Waals surface area (Å²) in [6.07, 6.45) is 2.14. The Hall–Kier alpha value is -2.16. The predicted octanol–water partition coefficient (Wildman–Crippen LogP) is 3.21. The monoisotopic (exact) mass is 402 g/mol. The van der Waals surface area contributed by atoms with Gasteiger partial charge in [0.15, 0.2) is 0 Å². The number of hydrogen-bond donors (Lipinski definition) is 1. The summed E-state index contributed by atoms with van der Waals surface area (Å²) in [6, 6.07) is 9.49. The maximum Gasteiger partial charge on any atom is 0.263 e. The number of nitrogens with zero attached hydrogens (tertiary/aromatic N) is 1. The fourth-order valence-electron chi connectivity index (χ4n) is 2.81. The van der Waals surface area contributed by atoms with Crippen molar-refractivity contribution in [2.24, 2.45) is 0 Å². The van der Waals surface area contributed by atoms with E-state index in [2.05, 4.69) is 5.32 Å². The molecule has 4 rings (SSSR count). The highest BCUT2D eigenvalue weighted by atomic mass is 32.2. The van der Waals surface area contributed by atoms with Crippen LogP contribution in [0.5, 0.6) is 5.75 Å². The maximum absolute atomic E-state index is 12.8. The molecule has 1 saturated heterocycles. The summed E-state index contributed by atoms with van der Waals surface area (Å²) in [4.78, 5) is 27.9. The molecule has 0 saturated carbocycles. The van der Waals surface area contributed by atoms with Gasteiger partial charge in [0.05, 0.1) is 23.6 Å². The molecule has 1 N–H and O–H groups in total. The van der Waals surface area contributed by atoms with E-state index in [-0.39, 0.29) is 11.8 Å². The Bertz CT molecular complexity index is 922. The lowest BCUT2D eigenvalue weighted by molar-refractivity contribution is -0.118. The highest BCUT2D eigenvalue weighted by molar-refractivity contribution is 8.26. The number of hydrogen-bond acceptors (Lipinski definition) is 6. The van der Waals surface area contributed by atoms with Crippen LogP contribution >= 0.6 is 35.3 Å². The molecule has 2 aromatic rings. The standard InChI is InChI=1S/C18H14N2O3S3/c21-16(10-12-2-1-7-25-12)20-5-6-23-14-4-3-11(8-13(14)20)9-15-17(22)19-18(24)26-15/h1-4,7-9H,5-6,10H2,(H,19,22,24). The Balaban J connectivity index is 1.62. The molecule has 132 valence electrons. The molecule has 0 bridgehead atoms. The van der Waals surface area contributed by atoms with Crippen LogP contribution in [0, 0.1) is 0 Å². The lowest BCUT2D eigenvalue weighted by Gasteiger charge is -2.29. The second kappa shape index (κ2) is 7.22. The zero-order chi connectivity index (χ0) is 18.1. The first-order valence-corrected chi connectivity index (χ1v) is 10.0. The summed E-state index contributed by atoms with van der Waals surface area (Å²) in [5.41, 5.74) is 1.56.